The van der Waals surface area contributed by atoms with E-state index >= 15 is 0 Å². The van der Waals surface area contributed by atoms with Gasteiger partial charge >= 0.3 is 0 Å². The molecule has 1 fully saturated rings. The number of anilines is 1. The van der Waals surface area contributed by atoms with Gasteiger partial charge in [0.25, 0.3) is 0 Å². The van der Waals surface area contributed by atoms with Crippen molar-refractivity contribution in [2.24, 2.45) is 5.73 Å². The zero-order valence-corrected chi connectivity index (χ0v) is 17.5. The lowest BCUT2D eigenvalue weighted by atomic mass is 10.1. The van der Waals surface area contributed by atoms with E-state index in [9.17, 15) is 4.79 Å². The summed E-state index contributed by atoms with van der Waals surface area (Å²) in [5, 5.41) is 17.1. The molecule has 158 valence electrons. The second-order valence-corrected chi connectivity index (χ2v) is 8.11. The van der Waals surface area contributed by atoms with Gasteiger partial charge in [0.1, 0.15) is 5.41 Å². The number of rotatable bonds is 7. The number of nitriles is 1. The third kappa shape index (κ3) is 3.46. The Balaban J connectivity index is 1.38. The quantitative estimate of drug-likeness (QED) is 0.473. The number of fused-ring (bicyclic) bond motifs is 1. The number of para-hydroxylation sites is 1. The molecule has 0 atom stereocenters. The van der Waals surface area contributed by atoms with Gasteiger partial charge in [0.2, 0.25) is 5.91 Å². The minimum absolute atomic E-state index is 0.358. The number of primary amides is 1. The molecule has 7 nitrogen and oxygen atoms in total. The third-order valence-electron chi connectivity index (χ3n) is 6.03. The van der Waals surface area contributed by atoms with Crippen molar-refractivity contribution >= 4 is 17.2 Å². The zero-order chi connectivity index (χ0) is 22.1. The predicted molar refractivity (Wildman–Crippen MR) is 122 cm³/mol. The van der Waals surface area contributed by atoms with Gasteiger partial charge in [-0.05, 0) is 42.2 Å². The van der Waals surface area contributed by atoms with Crippen LogP contribution in [0.15, 0.2) is 66.7 Å². The number of hydrogen-bond donors (Lipinski definition) is 2. The summed E-state index contributed by atoms with van der Waals surface area (Å²) in [5.74, 6) is 0.150. The maximum atomic E-state index is 11.9. The molecule has 1 saturated carbocycles. The molecule has 1 aliphatic rings. The van der Waals surface area contributed by atoms with E-state index in [1.165, 1.54) is 0 Å². The first kappa shape index (κ1) is 19.8. The maximum Gasteiger partial charge on any atom is 0.231 e. The Morgan fingerprint density at radius 3 is 2.59 bits per heavy atom. The lowest BCUT2D eigenvalue weighted by molar-refractivity contribution is -0.120. The summed E-state index contributed by atoms with van der Waals surface area (Å²) in [6.07, 6.45) is 1.78. The molecule has 2 aromatic heterocycles. The first-order valence-electron chi connectivity index (χ1n) is 10.5. The fraction of sp³-hybridized carbons (Fsp3) is 0.200. The van der Waals surface area contributed by atoms with Crippen LogP contribution in [0.5, 0.6) is 0 Å². The summed E-state index contributed by atoms with van der Waals surface area (Å²) in [7, 11) is 0. The van der Waals surface area contributed by atoms with Crippen molar-refractivity contribution in [3.05, 3.63) is 83.7 Å². The van der Waals surface area contributed by atoms with Crippen LogP contribution in [0.1, 0.15) is 29.8 Å². The summed E-state index contributed by atoms with van der Waals surface area (Å²) >= 11 is 0. The van der Waals surface area contributed by atoms with Crippen molar-refractivity contribution in [2.45, 2.75) is 31.2 Å². The third-order valence-corrected chi connectivity index (χ3v) is 6.03. The number of nitrogens with one attached hydrogen (secondary N) is 1. The van der Waals surface area contributed by atoms with Gasteiger partial charge in [-0.25, -0.2) is 9.50 Å². The number of pyridine rings is 1. The molecule has 3 N–H and O–H groups in total. The molecule has 4 aromatic rings. The van der Waals surface area contributed by atoms with Crippen LogP contribution < -0.4 is 11.1 Å². The second-order valence-electron chi connectivity index (χ2n) is 8.11. The van der Waals surface area contributed by atoms with Gasteiger partial charge < -0.3 is 11.1 Å². The van der Waals surface area contributed by atoms with Crippen LogP contribution in [0.4, 0.5) is 5.69 Å². The van der Waals surface area contributed by atoms with Gasteiger partial charge in [0.05, 0.1) is 18.2 Å². The van der Waals surface area contributed by atoms with Crippen molar-refractivity contribution in [3.8, 4) is 17.3 Å². The maximum absolute atomic E-state index is 11.9. The van der Waals surface area contributed by atoms with Crippen LogP contribution in [-0.4, -0.2) is 20.5 Å². The van der Waals surface area contributed by atoms with E-state index in [1.54, 1.807) is 4.52 Å². The molecule has 2 aromatic carbocycles. The number of nitrogens with two attached hydrogens (primary N) is 1. The number of benzene rings is 2. The minimum atomic E-state index is -0.708. The summed E-state index contributed by atoms with van der Waals surface area (Å²) in [6, 6.07) is 24.1. The molecule has 0 unspecified atom stereocenters. The Labute approximate surface area is 185 Å². The number of carbonyl (C=O) groups excluding carboxylic acids is 1. The molecule has 1 amide bonds. The molecule has 0 aliphatic heterocycles. The van der Waals surface area contributed by atoms with Crippen LogP contribution in [0.25, 0.3) is 16.9 Å². The van der Waals surface area contributed by atoms with Crippen molar-refractivity contribution in [2.75, 3.05) is 5.32 Å². The topological polar surface area (TPSA) is 109 Å². The highest BCUT2D eigenvalue weighted by molar-refractivity contribution is 5.89. The van der Waals surface area contributed by atoms with Crippen LogP contribution in [0, 0.1) is 11.3 Å². The lowest BCUT2D eigenvalue weighted by Crippen LogP contribution is -2.29. The summed E-state index contributed by atoms with van der Waals surface area (Å²) < 4.78 is 1.78. The monoisotopic (exact) mass is 422 g/mol. The van der Waals surface area contributed by atoms with E-state index in [0.29, 0.717) is 37.3 Å². The fourth-order valence-corrected chi connectivity index (χ4v) is 3.95. The van der Waals surface area contributed by atoms with Gasteiger partial charge in [0, 0.05) is 17.8 Å². The normalized spacial score (nSPS) is 14.1. The number of amides is 1. The molecule has 5 rings (SSSR count). The highest BCUT2D eigenvalue weighted by Gasteiger charge is 2.53. The molecule has 0 spiro atoms. The average Bonchev–Trinajstić information content (AvgIpc) is 3.52. The predicted octanol–water partition coefficient (Wildman–Crippen LogP) is 3.59. The summed E-state index contributed by atoms with van der Waals surface area (Å²) in [6.45, 7) is 0.654. The van der Waals surface area contributed by atoms with Gasteiger partial charge in [-0.2, -0.15) is 5.26 Å². The number of aromatic nitrogens is 3. The van der Waals surface area contributed by atoms with Crippen LogP contribution in [-0.2, 0) is 23.2 Å². The lowest BCUT2D eigenvalue weighted by Gasteiger charge is -2.11. The van der Waals surface area contributed by atoms with E-state index in [1.807, 2.05) is 42.5 Å². The fourth-order valence-electron chi connectivity index (χ4n) is 3.95. The van der Waals surface area contributed by atoms with Crippen LogP contribution in [0.2, 0.25) is 0 Å². The summed E-state index contributed by atoms with van der Waals surface area (Å²) in [5.41, 5.74) is 10.6. The average molecular weight is 422 g/mol. The van der Waals surface area contributed by atoms with E-state index in [2.05, 4.69) is 45.7 Å². The highest BCUT2D eigenvalue weighted by atomic mass is 16.1. The minimum Gasteiger partial charge on any atom is -0.381 e. The van der Waals surface area contributed by atoms with Gasteiger partial charge in [0.15, 0.2) is 11.5 Å². The Morgan fingerprint density at radius 1 is 1.09 bits per heavy atom. The Morgan fingerprint density at radius 2 is 1.88 bits per heavy atom. The number of nitrogens with zero attached hydrogens (tertiary/aromatic N) is 4. The molecule has 1 aliphatic carbocycles. The SMILES string of the molecule is N#CCc1ccccc1NCc1ccc(-c2cccc3nc(C4(C(N)=O)CC4)nn23)cc1. The van der Waals surface area contributed by atoms with Crippen molar-refractivity contribution in [3.63, 3.8) is 0 Å². The van der Waals surface area contributed by atoms with E-state index < -0.39 is 5.41 Å². The molecular formula is C25H22N6O. The van der Waals surface area contributed by atoms with E-state index in [-0.39, 0.29) is 5.91 Å². The molecule has 32 heavy (non-hydrogen) atoms. The van der Waals surface area contributed by atoms with E-state index in [0.717, 1.165) is 28.1 Å². The van der Waals surface area contributed by atoms with Crippen molar-refractivity contribution in [1.29, 1.82) is 5.26 Å². The standard InChI is InChI=1S/C25H22N6O/c26-15-12-18-4-1-2-5-20(18)28-16-17-8-10-19(11-9-17)21-6-3-7-22-29-24(30-31(21)22)25(13-14-25)23(27)32/h1-11,28H,12-14,16H2,(H2,27,32). The second kappa shape index (κ2) is 7.82. The molecule has 0 bridgehead atoms. The Bertz CT molecular complexity index is 1350. The molecule has 2 heterocycles. The number of hydrogen-bond acceptors (Lipinski definition) is 5. The smallest absolute Gasteiger partial charge is 0.231 e. The highest BCUT2D eigenvalue weighted by Crippen LogP contribution is 2.46. The van der Waals surface area contributed by atoms with Crippen LogP contribution in [0.3, 0.4) is 0 Å². The van der Waals surface area contributed by atoms with Crippen molar-refractivity contribution < 1.29 is 4.79 Å². The van der Waals surface area contributed by atoms with Gasteiger partial charge in [-0.1, -0.05) is 48.5 Å². The Kier molecular flexibility index (Phi) is 4.83. The largest absolute Gasteiger partial charge is 0.381 e. The Hall–Kier alpha value is -4.18. The van der Waals surface area contributed by atoms with Gasteiger partial charge in [-0.15, -0.1) is 5.10 Å². The molecule has 7 heteroatoms. The first-order chi connectivity index (χ1) is 15.6. The van der Waals surface area contributed by atoms with Gasteiger partial charge in [-0.3, -0.25) is 4.79 Å². The molecule has 0 saturated heterocycles. The molecular weight excluding hydrogens is 400 g/mol. The van der Waals surface area contributed by atoms with Crippen molar-refractivity contribution in [1.82, 2.24) is 14.6 Å². The molecule has 0 radical (unpaired) electrons. The summed E-state index contributed by atoms with van der Waals surface area (Å²) in [4.78, 5) is 16.5. The first-order valence-corrected chi connectivity index (χ1v) is 10.5. The van der Waals surface area contributed by atoms with Crippen LogP contribution >= 0.6 is 0 Å². The van der Waals surface area contributed by atoms with E-state index in [4.69, 9.17) is 11.0 Å². The number of carbonyl (C=O) groups is 1. The zero-order valence-electron chi connectivity index (χ0n) is 17.5.